The van der Waals surface area contributed by atoms with Crippen LogP contribution in [0.1, 0.15) is 13.8 Å². The van der Waals surface area contributed by atoms with Gasteiger partial charge in [0.05, 0.1) is 11.2 Å². The molecule has 1 aromatic rings. The molecule has 2 N–H and O–H groups in total. The van der Waals surface area contributed by atoms with Gasteiger partial charge in [0, 0.05) is 6.54 Å². The summed E-state index contributed by atoms with van der Waals surface area (Å²) < 4.78 is 0. The molecule has 15 heavy (non-hydrogen) atoms. The quantitative estimate of drug-likeness (QED) is 0.734. The van der Waals surface area contributed by atoms with E-state index in [1.54, 1.807) is 29.2 Å². The first-order valence-electron chi connectivity index (χ1n) is 4.88. The van der Waals surface area contributed by atoms with Gasteiger partial charge in [0.2, 0.25) is 0 Å². The molecule has 1 aliphatic heterocycles. The Labute approximate surface area is 88.5 Å². The van der Waals surface area contributed by atoms with E-state index in [9.17, 15) is 9.90 Å². The minimum absolute atomic E-state index is 0.127. The summed E-state index contributed by atoms with van der Waals surface area (Å²) in [5.74, 6) is 0.127. The molecule has 1 aliphatic rings. The average molecular weight is 206 g/mol. The number of phenolic OH excluding ortho intramolecular Hbond substituents is 1. The van der Waals surface area contributed by atoms with Crippen molar-refractivity contribution >= 4 is 11.7 Å². The van der Waals surface area contributed by atoms with Gasteiger partial charge in [0.1, 0.15) is 5.75 Å². The normalized spacial score (nSPS) is 19.1. The predicted molar refractivity (Wildman–Crippen MR) is 58.1 cm³/mol. The molecule has 1 aromatic carbocycles. The van der Waals surface area contributed by atoms with E-state index < -0.39 is 0 Å². The highest BCUT2D eigenvalue weighted by Crippen LogP contribution is 2.33. The molecule has 1 heterocycles. The third-order valence-electron chi connectivity index (χ3n) is 2.60. The fourth-order valence-electron chi connectivity index (χ4n) is 1.81. The second kappa shape index (κ2) is 3.15. The number of carbonyl (C=O) groups excluding carboxylic acids is 1. The number of nitrogens with one attached hydrogen (secondary N) is 1. The highest BCUT2D eigenvalue weighted by atomic mass is 16.3. The number of amides is 2. The largest absolute Gasteiger partial charge is 0.506 e. The Morgan fingerprint density at radius 1 is 1.40 bits per heavy atom. The van der Waals surface area contributed by atoms with E-state index in [0.29, 0.717) is 12.2 Å². The first kappa shape index (κ1) is 9.83. The van der Waals surface area contributed by atoms with Gasteiger partial charge >= 0.3 is 6.03 Å². The van der Waals surface area contributed by atoms with Crippen LogP contribution in [0.15, 0.2) is 24.3 Å². The topological polar surface area (TPSA) is 52.6 Å². The zero-order chi connectivity index (χ0) is 11.1. The van der Waals surface area contributed by atoms with Crippen molar-refractivity contribution in [3.8, 4) is 5.75 Å². The number of urea groups is 1. The van der Waals surface area contributed by atoms with Gasteiger partial charge in [-0.25, -0.2) is 4.79 Å². The van der Waals surface area contributed by atoms with E-state index in [1.807, 2.05) is 13.8 Å². The summed E-state index contributed by atoms with van der Waals surface area (Å²) in [5.41, 5.74) is 0.244. The van der Waals surface area contributed by atoms with Crippen molar-refractivity contribution in [3.63, 3.8) is 0 Å². The Morgan fingerprint density at radius 2 is 2.07 bits per heavy atom. The minimum atomic E-state index is -0.310. The molecule has 0 radical (unpaired) electrons. The molecule has 0 aliphatic carbocycles. The molecular formula is C11H14N2O2. The van der Waals surface area contributed by atoms with Gasteiger partial charge in [-0.2, -0.15) is 0 Å². The second-order valence-corrected chi connectivity index (χ2v) is 4.30. The van der Waals surface area contributed by atoms with Gasteiger partial charge < -0.3 is 10.4 Å². The van der Waals surface area contributed by atoms with Gasteiger partial charge in [-0.05, 0) is 26.0 Å². The summed E-state index contributed by atoms with van der Waals surface area (Å²) in [5, 5.41) is 12.5. The van der Waals surface area contributed by atoms with Crippen LogP contribution in [0.3, 0.4) is 0 Å². The van der Waals surface area contributed by atoms with Crippen molar-refractivity contribution in [1.82, 2.24) is 5.32 Å². The molecule has 1 fully saturated rings. The molecule has 4 nitrogen and oxygen atoms in total. The molecular weight excluding hydrogens is 192 g/mol. The summed E-state index contributed by atoms with van der Waals surface area (Å²) >= 11 is 0. The summed E-state index contributed by atoms with van der Waals surface area (Å²) in [7, 11) is 0. The van der Waals surface area contributed by atoms with Crippen LogP contribution in [0.5, 0.6) is 5.75 Å². The molecule has 0 spiro atoms. The average Bonchev–Trinajstić information content (AvgIpc) is 2.43. The highest BCUT2D eigenvalue weighted by Gasteiger charge is 2.39. The van der Waals surface area contributed by atoms with E-state index in [0.717, 1.165) is 0 Å². The summed E-state index contributed by atoms with van der Waals surface area (Å²) in [6.45, 7) is 4.49. The van der Waals surface area contributed by atoms with Crippen molar-refractivity contribution in [2.45, 2.75) is 19.4 Å². The number of benzene rings is 1. The Kier molecular flexibility index (Phi) is 2.07. The van der Waals surface area contributed by atoms with E-state index in [2.05, 4.69) is 5.32 Å². The number of aromatic hydroxyl groups is 1. The van der Waals surface area contributed by atoms with Crippen molar-refractivity contribution < 1.29 is 9.90 Å². The molecule has 2 rings (SSSR count). The van der Waals surface area contributed by atoms with Crippen LogP contribution in [-0.2, 0) is 0 Å². The van der Waals surface area contributed by atoms with Gasteiger partial charge in [0.15, 0.2) is 0 Å². The maximum Gasteiger partial charge on any atom is 0.322 e. The number of para-hydroxylation sites is 2. The Balaban J connectivity index is 2.46. The van der Waals surface area contributed by atoms with Crippen molar-refractivity contribution in [1.29, 1.82) is 0 Å². The van der Waals surface area contributed by atoms with Crippen LogP contribution >= 0.6 is 0 Å². The number of anilines is 1. The molecule has 0 saturated carbocycles. The molecule has 4 heteroatoms. The number of carbonyl (C=O) groups is 1. The lowest BCUT2D eigenvalue weighted by molar-refractivity contribution is 0.251. The van der Waals surface area contributed by atoms with Gasteiger partial charge in [0.25, 0.3) is 0 Å². The first-order chi connectivity index (χ1) is 7.02. The lowest BCUT2D eigenvalue weighted by Gasteiger charge is -2.30. The van der Waals surface area contributed by atoms with Crippen molar-refractivity contribution in [2.24, 2.45) is 0 Å². The molecule has 0 bridgehead atoms. The number of rotatable bonds is 1. The lowest BCUT2D eigenvalue weighted by Crippen LogP contribution is -2.42. The first-order valence-corrected chi connectivity index (χ1v) is 4.88. The van der Waals surface area contributed by atoms with E-state index in [4.69, 9.17) is 0 Å². The van der Waals surface area contributed by atoms with Crippen LogP contribution in [0.4, 0.5) is 10.5 Å². The fraction of sp³-hybridized carbons (Fsp3) is 0.364. The van der Waals surface area contributed by atoms with Crippen LogP contribution in [0.25, 0.3) is 0 Å². The van der Waals surface area contributed by atoms with Crippen LogP contribution < -0.4 is 10.2 Å². The summed E-state index contributed by atoms with van der Waals surface area (Å²) in [6.07, 6.45) is 0. The van der Waals surface area contributed by atoms with Gasteiger partial charge in [-0.3, -0.25) is 4.90 Å². The Hall–Kier alpha value is -1.71. The standard InChI is InChI=1S/C11H14N2O2/c1-11(2)7-12-10(15)13(11)8-5-3-4-6-9(8)14/h3-6,14H,7H2,1-2H3,(H,12,15). The van der Waals surface area contributed by atoms with Gasteiger partial charge in [-0.15, -0.1) is 0 Å². The molecule has 0 atom stereocenters. The number of hydrogen-bond donors (Lipinski definition) is 2. The molecule has 0 aromatic heterocycles. The van der Waals surface area contributed by atoms with Crippen LogP contribution in [0, 0.1) is 0 Å². The fourth-order valence-corrected chi connectivity index (χ4v) is 1.81. The highest BCUT2D eigenvalue weighted by molar-refractivity contribution is 5.97. The van der Waals surface area contributed by atoms with E-state index in [1.165, 1.54) is 0 Å². The van der Waals surface area contributed by atoms with Crippen molar-refractivity contribution in [3.05, 3.63) is 24.3 Å². The Morgan fingerprint density at radius 3 is 2.60 bits per heavy atom. The molecule has 2 amide bonds. The van der Waals surface area contributed by atoms with E-state index >= 15 is 0 Å². The van der Waals surface area contributed by atoms with Gasteiger partial charge in [-0.1, -0.05) is 12.1 Å². The predicted octanol–water partition coefficient (Wildman–Crippen LogP) is 1.70. The number of phenols is 1. The molecule has 80 valence electrons. The third-order valence-corrected chi connectivity index (χ3v) is 2.60. The smallest absolute Gasteiger partial charge is 0.322 e. The molecule has 0 unspecified atom stereocenters. The molecule has 1 saturated heterocycles. The lowest BCUT2D eigenvalue weighted by atomic mass is 10.0. The SMILES string of the molecule is CC1(C)CNC(=O)N1c1ccccc1O. The Bertz CT molecular complexity index is 401. The maximum atomic E-state index is 11.6. The maximum absolute atomic E-state index is 11.6. The number of hydrogen-bond acceptors (Lipinski definition) is 2. The third kappa shape index (κ3) is 1.52. The second-order valence-electron chi connectivity index (χ2n) is 4.30. The zero-order valence-electron chi connectivity index (χ0n) is 8.82. The summed E-state index contributed by atoms with van der Waals surface area (Å²) in [6, 6.07) is 6.69. The minimum Gasteiger partial charge on any atom is -0.506 e. The van der Waals surface area contributed by atoms with E-state index in [-0.39, 0.29) is 17.3 Å². The zero-order valence-corrected chi connectivity index (χ0v) is 8.82. The van der Waals surface area contributed by atoms with Crippen LogP contribution in [0.2, 0.25) is 0 Å². The summed E-state index contributed by atoms with van der Waals surface area (Å²) in [4.78, 5) is 13.2. The van der Waals surface area contributed by atoms with Crippen LogP contribution in [-0.4, -0.2) is 23.2 Å². The van der Waals surface area contributed by atoms with Crippen molar-refractivity contribution in [2.75, 3.05) is 11.4 Å². The number of nitrogens with zero attached hydrogens (tertiary/aromatic N) is 1. The monoisotopic (exact) mass is 206 g/mol.